The highest BCUT2D eigenvalue weighted by molar-refractivity contribution is 5.78. The summed E-state index contributed by atoms with van der Waals surface area (Å²) in [6, 6.07) is 9.75. The van der Waals surface area contributed by atoms with Gasteiger partial charge in [-0.3, -0.25) is 9.36 Å². The van der Waals surface area contributed by atoms with E-state index in [0.717, 1.165) is 28.3 Å². The van der Waals surface area contributed by atoms with Gasteiger partial charge in [0, 0.05) is 44.6 Å². The van der Waals surface area contributed by atoms with Gasteiger partial charge >= 0.3 is 0 Å². The van der Waals surface area contributed by atoms with Crippen LogP contribution >= 0.6 is 0 Å². The largest absolute Gasteiger partial charge is 0.349 e. The van der Waals surface area contributed by atoms with Crippen molar-refractivity contribution in [3.05, 3.63) is 66.9 Å². The number of hydrogen-bond acceptors (Lipinski definition) is 4. The lowest BCUT2D eigenvalue weighted by atomic mass is 10.1. The molecule has 4 rings (SSSR count). The maximum atomic E-state index is 11.9. The van der Waals surface area contributed by atoms with Crippen LogP contribution < -0.4 is 0 Å². The number of rotatable bonds is 4. The third-order valence-corrected chi connectivity index (χ3v) is 4.23. The molecule has 3 aromatic heterocycles. The van der Waals surface area contributed by atoms with Gasteiger partial charge in [0.05, 0.1) is 18.2 Å². The molecule has 0 aliphatic heterocycles. The molecule has 3 heterocycles. The molecule has 0 atom stereocenters. The summed E-state index contributed by atoms with van der Waals surface area (Å²) in [7, 11) is 3.53. The molecular formula is C19H18N6O. The van der Waals surface area contributed by atoms with Crippen molar-refractivity contribution >= 4 is 11.6 Å². The Labute approximate surface area is 150 Å². The second kappa shape index (κ2) is 6.44. The number of amides is 1. The van der Waals surface area contributed by atoms with Gasteiger partial charge in [0.15, 0.2) is 5.65 Å². The second-order valence-corrected chi connectivity index (χ2v) is 6.20. The van der Waals surface area contributed by atoms with E-state index in [4.69, 9.17) is 0 Å². The highest BCUT2D eigenvalue weighted by atomic mass is 16.2. The van der Waals surface area contributed by atoms with E-state index in [2.05, 4.69) is 15.1 Å². The van der Waals surface area contributed by atoms with E-state index in [1.807, 2.05) is 47.3 Å². The number of likely N-dealkylation sites (N-methyl/N-ethyl adjacent to an activating group) is 1. The van der Waals surface area contributed by atoms with E-state index in [1.165, 1.54) is 0 Å². The molecule has 0 saturated carbocycles. The molecule has 0 aliphatic rings. The summed E-state index contributed by atoms with van der Waals surface area (Å²) in [6.07, 6.45) is 9.42. The van der Waals surface area contributed by atoms with Crippen molar-refractivity contribution < 1.29 is 4.79 Å². The highest BCUT2D eigenvalue weighted by Crippen LogP contribution is 2.24. The molecule has 26 heavy (non-hydrogen) atoms. The molecule has 1 amide bonds. The summed E-state index contributed by atoms with van der Waals surface area (Å²) < 4.78 is 3.72. The van der Waals surface area contributed by atoms with Crippen molar-refractivity contribution in [3.8, 4) is 17.1 Å². The summed E-state index contributed by atoms with van der Waals surface area (Å²) >= 11 is 0. The first-order valence-electron chi connectivity index (χ1n) is 8.25. The average molecular weight is 346 g/mol. The maximum absolute atomic E-state index is 11.9. The molecule has 0 radical (unpaired) electrons. The molecule has 130 valence electrons. The Morgan fingerprint density at radius 3 is 2.65 bits per heavy atom. The molecule has 4 aromatic rings. The van der Waals surface area contributed by atoms with Crippen LogP contribution in [-0.2, 0) is 11.2 Å². The number of carbonyl (C=O) groups excluding carboxylic acids is 1. The molecule has 0 saturated heterocycles. The van der Waals surface area contributed by atoms with Crippen molar-refractivity contribution in [3.63, 3.8) is 0 Å². The van der Waals surface area contributed by atoms with E-state index < -0.39 is 0 Å². The van der Waals surface area contributed by atoms with Crippen molar-refractivity contribution in [2.24, 2.45) is 0 Å². The predicted octanol–water partition coefficient (Wildman–Crippen LogP) is 2.21. The van der Waals surface area contributed by atoms with Gasteiger partial charge < -0.3 is 4.90 Å². The lowest BCUT2D eigenvalue weighted by molar-refractivity contribution is -0.127. The molecule has 0 fully saturated rings. The van der Waals surface area contributed by atoms with Crippen LogP contribution in [0.2, 0.25) is 0 Å². The number of aromatic nitrogens is 5. The van der Waals surface area contributed by atoms with Crippen LogP contribution in [0, 0.1) is 0 Å². The zero-order chi connectivity index (χ0) is 18.1. The predicted molar refractivity (Wildman–Crippen MR) is 97.9 cm³/mol. The number of carbonyl (C=O) groups is 1. The minimum absolute atomic E-state index is 0.0819. The molecule has 7 nitrogen and oxygen atoms in total. The van der Waals surface area contributed by atoms with Crippen LogP contribution in [0.4, 0.5) is 0 Å². The van der Waals surface area contributed by atoms with Gasteiger partial charge in [-0.05, 0) is 23.8 Å². The number of benzene rings is 1. The molecule has 7 heteroatoms. The molecular weight excluding hydrogens is 328 g/mol. The van der Waals surface area contributed by atoms with Gasteiger partial charge in [0.1, 0.15) is 5.82 Å². The molecule has 0 unspecified atom stereocenters. The monoisotopic (exact) mass is 346 g/mol. The average Bonchev–Trinajstić information content (AvgIpc) is 3.28. The van der Waals surface area contributed by atoms with Crippen LogP contribution in [0.15, 0.2) is 61.3 Å². The Balaban J connectivity index is 1.68. The fraction of sp³-hybridized carbons (Fsp3) is 0.158. The van der Waals surface area contributed by atoms with Gasteiger partial charge in [-0.15, -0.1) is 0 Å². The fourth-order valence-corrected chi connectivity index (χ4v) is 2.80. The Morgan fingerprint density at radius 1 is 1.08 bits per heavy atom. The van der Waals surface area contributed by atoms with Gasteiger partial charge in [0.2, 0.25) is 5.91 Å². The number of nitrogens with zero attached hydrogens (tertiary/aromatic N) is 6. The highest BCUT2D eigenvalue weighted by Gasteiger charge is 2.14. The lowest BCUT2D eigenvalue weighted by Gasteiger charge is -2.11. The number of imidazole rings is 1. The summed E-state index contributed by atoms with van der Waals surface area (Å²) in [4.78, 5) is 22.3. The van der Waals surface area contributed by atoms with Gasteiger partial charge in [-0.25, -0.2) is 14.5 Å². The molecule has 0 bridgehead atoms. The zero-order valence-electron chi connectivity index (χ0n) is 14.6. The van der Waals surface area contributed by atoms with E-state index in [0.29, 0.717) is 6.42 Å². The fourth-order valence-electron chi connectivity index (χ4n) is 2.80. The van der Waals surface area contributed by atoms with Crippen LogP contribution in [0.3, 0.4) is 0 Å². The Hall–Kier alpha value is -3.48. The topological polar surface area (TPSA) is 68.3 Å². The Kier molecular flexibility index (Phi) is 3.96. The van der Waals surface area contributed by atoms with E-state index in [9.17, 15) is 4.79 Å². The third kappa shape index (κ3) is 2.83. The molecule has 1 aromatic carbocycles. The normalized spacial score (nSPS) is 11.0. The first kappa shape index (κ1) is 16.0. The molecule has 0 spiro atoms. The van der Waals surface area contributed by atoms with E-state index in [-0.39, 0.29) is 5.91 Å². The summed E-state index contributed by atoms with van der Waals surface area (Å²) in [6.45, 7) is 0. The molecule has 0 aliphatic carbocycles. The summed E-state index contributed by atoms with van der Waals surface area (Å²) in [5.74, 6) is 0.856. The van der Waals surface area contributed by atoms with Crippen molar-refractivity contribution in [1.29, 1.82) is 0 Å². The number of fused-ring (bicyclic) bond motifs is 1. The Bertz CT molecular complexity index is 1060. The summed E-state index contributed by atoms with van der Waals surface area (Å²) in [5, 5.41) is 4.33. The van der Waals surface area contributed by atoms with Crippen molar-refractivity contribution in [1.82, 2.24) is 29.0 Å². The third-order valence-electron chi connectivity index (χ3n) is 4.23. The van der Waals surface area contributed by atoms with Crippen molar-refractivity contribution in [2.45, 2.75) is 6.42 Å². The Morgan fingerprint density at radius 2 is 1.88 bits per heavy atom. The van der Waals surface area contributed by atoms with Crippen LogP contribution in [0.1, 0.15) is 5.56 Å². The van der Waals surface area contributed by atoms with Gasteiger partial charge in [-0.1, -0.05) is 12.1 Å². The first-order valence-corrected chi connectivity index (χ1v) is 8.25. The summed E-state index contributed by atoms with van der Waals surface area (Å²) in [5.41, 5.74) is 3.57. The van der Waals surface area contributed by atoms with E-state index >= 15 is 0 Å². The lowest BCUT2D eigenvalue weighted by Crippen LogP contribution is -2.23. The smallest absolute Gasteiger partial charge is 0.226 e. The minimum Gasteiger partial charge on any atom is -0.349 e. The van der Waals surface area contributed by atoms with Crippen LogP contribution in [0.25, 0.3) is 22.7 Å². The number of hydrogen-bond donors (Lipinski definition) is 0. The standard InChI is InChI=1S/C19H18N6O/c1-23(2)17(26)12-14-4-6-15(7-5-14)24-11-9-21-18(24)16-13-22-25-10-3-8-20-19(16)25/h3-11,13H,12H2,1-2H3. The zero-order valence-corrected chi connectivity index (χ0v) is 14.6. The quantitative estimate of drug-likeness (QED) is 0.568. The van der Waals surface area contributed by atoms with Crippen molar-refractivity contribution in [2.75, 3.05) is 14.1 Å². The first-order chi connectivity index (χ1) is 12.6. The maximum Gasteiger partial charge on any atom is 0.226 e. The second-order valence-electron chi connectivity index (χ2n) is 6.20. The van der Waals surface area contributed by atoms with Gasteiger partial charge in [0.25, 0.3) is 0 Å². The SMILES string of the molecule is CN(C)C(=O)Cc1ccc(-n2ccnc2-c2cnn3cccnc23)cc1. The van der Waals surface area contributed by atoms with E-state index in [1.54, 1.807) is 42.1 Å². The minimum atomic E-state index is 0.0819. The van der Waals surface area contributed by atoms with Crippen LogP contribution in [-0.4, -0.2) is 49.1 Å². The molecule has 0 N–H and O–H groups in total. The van der Waals surface area contributed by atoms with Gasteiger partial charge in [-0.2, -0.15) is 5.10 Å². The van der Waals surface area contributed by atoms with Crippen LogP contribution in [0.5, 0.6) is 0 Å².